The SMILES string of the molecule is C=C[C@H]1CC2CCC1C[C@H]2C(O)c1ccnc2ccc(OC)cc12. The monoisotopic (exact) mass is 323 g/mol. The Morgan fingerprint density at radius 2 is 2.08 bits per heavy atom. The minimum absolute atomic E-state index is 0.344. The number of methoxy groups -OCH3 is 1. The highest BCUT2D eigenvalue weighted by Crippen LogP contribution is 2.52. The molecule has 3 aliphatic rings. The van der Waals surface area contributed by atoms with Crippen molar-refractivity contribution in [1.29, 1.82) is 0 Å². The molecule has 3 heteroatoms. The number of fused-ring (bicyclic) bond motifs is 4. The molecule has 5 rings (SSSR count). The summed E-state index contributed by atoms with van der Waals surface area (Å²) in [5.41, 5.74) is 1.91. The van der Waals surface area contributed by atoms with Gasteiger partial charge in [0, 0.05) is 11.6 Å². The van der Waals surface area contributed by atoms with Crippen molar-refractivity contribution >= 4 is 10.9 Å². The fourth-order valence-electron chi connectivity index (χ4n) is 4.96. The van der Waals surface area contributed by atoms with Gasteiger partial charge >= 0.3 is 0 Å². The van der Waals surface area contributed by atoms with Gasteiger partial charge in [-0.3, -0.25) is 4.98 Å². The lowest BCUT2D eigenvalue weighted by molar-refractivity contribution is -0.0217. The van der Waals surface area contributed by atoms with Gasteiger partial charge in [-0.1, -0.05) is 6.08 Å². The van der Waals surface area contributed by atoms with Crippen LogP contribution in [-0.2, 0) is 0 Å². The maximum Gasteiger partial charge on any atom is 0.119 e. The Kier molecular flexibility index (Phi) is 4.05. The van der Waals surface area contributed by atoms with Crippen LogP contribution in [0.15, 0.2) is 43.1 Å². The molecular weight excluding hydrogens is 298 g/mol. The number of hydrogen-bond donors (Lipinski definition) is 1. The van der Waals surface area contributed by atoms with Gasteiger partial charge in [0.25, 0.3) is 0 Å². The van der Waals surface area contributed by atoms with Gasteiger partial charge in [0.15, 0.2) is 0 Å². The maximum atomic E-state index is 11.2. The van der Waals surface area contributed by atoms with E-state index in [-0.39, 0.29) is 0 Å². The van der Waals surface area contributed by atoms with E-state index < -0.39 is 6.10 Å². The first-order chi connectivity index (χ1) is 11.7. The molecule has 3 nitrogen and oxygen atoms in total. The molecule has 1 heterocycles. The zero-order valence-electron chi connectivity index (χ0n) is 14.2. The highest BCUT2D eigenvalue weighted by molar-refractivity contribution is 5.83. The third-order valence-electron chi connectivity index (χ3n) is 6.28. The van der Waals surface area contributed by atoms with E-state index >= 15 is 0 Å². The third-order valence-corrected chi connectivity index (χ3v) is 6.28. The van der Waals surface area contributed by atoms with Gasteiger partial charge < -0.3 is 9.84 Å². The van der Waals surface area contributed by atoms with Gasteiger partial charge in [0.05, 0.1) is 18.7 Å². The Labute approximate surface area is 143 Å². The normalized spacial score (nSPS) is 30.2. The summed E-state index contributed by atoms with van der Waals surface area (Å²) >= 11 is 0. The predicted molar refractivity (Wildman–Crippen MR) is 95.9 cm³/mol. The molecule has 0 radical (unpaired) electrons. The highest BCUT2D eigenvalue weighted by atomic mass is 16.5. The molecule has 0 aliphatic heterocycles. The Bertz CT molecular complexity index is 757. The van der Waals surface area contributed by atoms with Crippen molar-refractivity contribution in [3.05, 3.63) is 48.7 Å². The van der Waals surface area contributed by atoms with Crippen molar-refractivity contribution in [1.82, 2.24) is 4.98 Å². The summed E-state index contributed by atoms with van der Waals surface area (Å²) in [6.45, 7) is 4.01. The molecule has 1 aromatic carbocycles. The molecule has 0 saturated heterocycles. The molecule has 0 amide bonds. The first-order valence-electron chi connectivity index (χ1n) is 8.94. The molecular formula is C21H25NO2. The largest absolute Gasteiger partial charge is 0.497 e. The fraction of sp³-hybridized carbons (Fsp3) is 0.476. The minimum atomic E-state index is -0.429. The molecule has 3 saturated carbocycles. The van der Waals surface area contributed by atoms with E-state index in [1.165, 1.54) is 19.3 Å². The van der Waals surface area contributed by atoms with Gasteiger partial charge in [-0.05, 0) is 79.2 Å². The van der Waals surface area contributed by atoms with Crippen LogP contribution in [0.2, 0.25) is 0 Å². The zero-order valence-corrected chi connectivity index (χ0v) is 14.2. The standard InChI is InChI=1S/C21H25NO2/c1-3-13-10-15-5-4-14(13)11-18(15)21(23)17-8-9-22-20-7-6-16(24-2)12-19(17)20/h3,6-9,12-15,18,21,23H,1,4-5,10-11H2,2H3/t13-,14?,15?,18+,21?/m0/s1. The highest BCUT2D eigenvalue weighted by Gasteiger charge is 2.43. The second kappa shape index (κ2) is 6.21. The maximum absolute atomic E-state index is 11.2. The molecule has 3 fully saturated rings. The first kappa shape index (κ1) is 15.6. The summed E-state index contributed by atoms with van der Waals surface area (Å²) in [5.74, 6) is 3.08. The van der Waals surface area contributed by atoms with Crippen LogP contribution in [0.25, 0.3) is 10.9 Å². The molecule has 1 N–H and O–H groups in total. The van der Waals surface area contributed by atoms with Crippen LogP contribution in [-0.4, -0.2) is 17.2 Å². The molecule has 3 aliphatic carbocycles. The molecule has 2 bridgehead atoms. The van der Waals surface area contributed by atoms with Gasteiger partial charge in [-0.15, -0.1) is 6.58 Å². The number of ether oxygens (including phenoxy) is 1. The average molecular weight is 323 g/mol. The number of aliphatic hydroxyl groups excluding tert-OH is 1. The number of rotatable bonds is 4. The van der Waals surface area contributed by atoms with Crippen LogP contribution >= 0.6 is 0 Å². The van der Waals surface area contributed by atoms with Crippen LogP contribution in [0.5, 0.6) is 5.75 Å². The van der Waals surface area contributed by atoms with Gasteiger partial charge in [-0.25, -0.2) is 0 Å². The van der Waals surface area contributed by atoms with E-state index in [0.29, 0.717) is 23.7 Å². The summed E-state index contributed by atoms with van der Waals surface area (Å²) in [6.07, 6.45) is 8.32. The molecule has 3 unspecified atom stereocenters. The summed E-state index contributed by atoms with van der Waals surface area (Å²) in [4.78, 5) is 4.44. The average Bonchev–Trinajstić information content (AvgIpc) is 2.66. The fourth-order valence-corrected chi connectivity index (χ4v) is 4.96. The van der Waals surface area contributed by atoms with E-state index in [1.54, 1.807) is 13.3 Å². The summed E-state index contributed by atoms with van der Waals surface area (Å²) in [6, 6.07) is 7.85. The predicted octanol–water partition coefficient (Wildman–Crippen LogP) is 4.52. The molecule has 5 atom stereocenters. The van der Waals surface area contributed by atoms with E-state index in [4.69, 9.17) is 4.74 Å². The smallest absolute Gasteiger partial charge is 0.119 e. The zero-order chi connectivity index (χ0) is 16.7. The molecule has 1 aromatic heterocycles. The van der Waals surface area contributed by atoms with Crippen LogP contribution in [0, 0.1) is 23.7 Å². The van der Waals surface area contributed by atoms with E-state index in [0.717, 1.165) is 28.6 Å². The van der Waals surface area contributed by atoms with Crippen molar-refractivity contribution in [3.63, 3.8) is 0 Å². The van der Waals surface area contributed by atoms with Crippen LogP contribution < -0.4 is 4.74 Å². The van der Waals surface area contributed by atoms with Crippen molar-refractivity contribution in [3.8, 4) is 5.75 Å². The topological polar surface area (TPSA) is 42.4 Å². The van der Waals surface area contributed by atoms with E-state index in [9.17, 15) is 5.11 Å². The molecule has 0 spiro atoms. The Hall–Kier alpha value is -1.87. The third kappa shape index (κ3) is 2.51. The van der Waals surface area contributed by atoms with Crippen molar-refractivity contribution < 1.29 is 9.84 Å². The van der Waals surface area contributed by atoms with Gasteiger partial charge in [-0.2, -0.15) is 0 Å². The van der Waals surface area contributed by atoms with E-state index in [2.05, 4.69) is 17.6 Å². The van der Waals surface area contributed by atoms with Gasteiger partial charge in [0.2, 0.25) is 0 Å². The molecule has 2 aromatic rings. The first-order valence-corrected chi connectivity index (χ1v) is 8.94. The Morgan fingerprint density at radius 1 is 1.25 bits per heavy atom. The second-order valence-electron chi connectivity index (χ2n) is 7.36. The Balaban J connectivity index is 1.69. The number of nitrogens with zero attached hydrogens (tertiary/aromatic N) is 1. The Morgan fingerprint density at radius 3 is 2.79 bits per heavy atom. The van der Waals surface area contributed by atoms with E-state index in [1.807, 2.05) is 24.3 Å². The van der Waals surface area contributed by atoms with Crippen LogP contribution in [0.4, 0.5) is 0 Å². The van der Waals surface area contributed by atoms with Crippen LogP contribution in [0.1, 0.15) is 37.4 Å². The molecule has 126 valence electrons. The van der Waals surface area contributed by atoms with Crippen LogP contribution in [0.3, 0.4) is 0 Å². The number of allylic oxidation sites excluding steroid dienone is 1. The quantitative estimate of drug-likeness (QED) is 0.842. The molecule has 24 heavy (non-hydrogen) atoms. The number of hydrogen-bond acceptors (Lipinski definition) is 3. The van der Waals surface area contributed by atoms with Crippen molar-refractivity contribution in [2.75, 3.05) is 7.11 Å². The minimum Gasteiger partial charge on any atom is -0.497 e. The number of benzene rings is 1. The second-order valence-corrected chi connectivity index (χ2v) is 7.36. The summed E-state index contributed by atoms with van der Waals surface area (Å²) < 4.78 is 5.36. The van der Waals surface area contributed by atoms with Crippen molar-refractivity contribution in [2.45, 2.75) is 31.8 Å². The lowest BCUT2D eigenvalue weighted by atomic mass is 9.58. The lowest BCUT2D eigenvalue weighted by Gasteiger charge is -2.48. The lowest BCUT2D eigenvalue weighted by Crippen LogP contribution is -2.39. The summed E-state index contributed by atoms with van der Waals surface area (Å²) in [5, 5.41) is 12.2. The number of aromatic nitrogens is 1. The number of pyridine rings is 1. The van der Waals surface area contributed by atoms with Gasteiger partial charge in [0.1, 0.15) is 5.75 Å². The number of aliphatic hydroxyl groups is 1. The van der Waals surface area contributed by atoms with Crippen molar-refractivity contribution in [2.24, 2.45) is 23.7 Å². The summed E-state index contributed by atoms with van der Waals surface area (Å²) in [7, 11) is 1.67.